The number of aromatic nitrogens is 1. The molecule has 0 aliphatic carbocycles. The Morgan fingerprint density at radius 1 is 1.30 bits per heavy atom. The number of benzene rings is 1. The first-order valence-corrected chi connectivity index (χ1v) is 8.58. The predicted octanol–water partition coefficient (Wildman–Crippen LogP) is 4.15. The highest BCUT2D eigenvalue weighted by atomic mass is 16.4. The summed E-state index contributed by atoms with van der Waals surface area (Å²) in [5.74, 6) is -0.575. The molecular weight excluding hydrogens is 288 g/mol. The highest BCUT2D eigenvalue weighted by Gasteiger charge is 2.17. The second kappa shape index (κ2) is 7.64. The van der Waals surface area contributed by atoms with Crippen molar-refractivity contribution in [1.29, 1.82) is 0 Å². The average molecular weight is 316 g/mol. The van der Waals surface area contributed by atoms with Crippen LogP contribution < -0.4 is 5.73 Å². The molecule has 0 amide bonds. The normalized spacial score (nSPS) is 11.5. The fourth-order valence-electron chi connectivity index (χ4n) is 3.10. The molecule has 0 aliphatic rings. The Morgan fingerprint density at radius 3 is 2.61 bits per heavy atom. The van der Waals surface area contributed by atoms with Gasteiger partial charge in [0.05, 0.1) is 11.1 Å². The number of aromatic carboxylic acids is 1. The van der Waals surface area contributed by atoms with E-state index in [1.807, 2.05) is 12.1 Å². The summed E-state index contributed by atoms with van der Waals surface area (Å²) >= 11 is 0. The number of hydrogen-bond acceptors (Lipinski definition) is 2. The van der Waals surface area contributed by atoms with Crippen molar-refractivity contribution in [2.24, 2.45) is 5.73 Å². The Balaban J connectivity index is 2.68. The third-order valence-corrected chi connectivity index (χ3v) is 4.36. The molecule has 2 aromatic rings. The van der Waals surface area contributed by atoms with Gasteiger partial charge < -0.3 is 15.4 Å². The van der Waals surface area contributed by atoms with Crippen molar-refractivity contribution < 1.29 is 9.90 Å². The van der Waals surface area contributed by atoms with Gasteiger partial charge in [-0.15, -0.1) is 0 Å². The van der Waals surface area contributed by atoms with Crippen LogP contribution in [0.3, 0.4) is 0 Å². The molecule has 0 spiro atoms. The van der Waals surface area contributed by atoms with Crippen LogP contribution in [-0.2, 0) is 13.0 Å². The van der Waals surface area contributed by atoms with Gasteiger partial charge in [-0.25, -0.2) is 4.79 Å². The second-order valence-electron chi connectivity index (χ2n) is 6.52. The van der Waals surface area contributed by atoms with Crippen LogP contribution in [0.2, 0.25) is 0 Å². The highest BCUT2D eigenvalue weighted by molar-refractivity contribution is 5.97. The number of nitrogens with zero attached hydrogens (tertiary/aromatic N) is 1. The van der Waals surface area contributed by atoms with Crippen molar-refractivity contribution in [2.45, 2.75) is 58.9 Å². The second-order valence-corrected chi connectivity index (χ2v) is 6.52. The molecule has 0 radical (unpaired) electrons. The standard InChI is InChI=1S/C19H28N2O2/c1-4-5-9-21-12-14(7-6-8-20)17-11-15(19(22)23)10-16(13(2)3)18(17)21/h10-13H,4-9,20H2,1-3H3,(H,22,23). The Bertz CT molecular complexity index is 686. The monoisotopic (exact) mass is 316 g/mol. The van der Waals surface area contributed by atoms with Crippen molar-refractivity contribution in [1.82, 2.24) is 4.57 Å². The van der Waals surface area contributed by atoms with E-state index in [2.05, 4.69) is 31.5 Å². The van der Waals surface area contributed by atoms with Crippen LogP contribution in [0.25, 0.3) is 10.9 Å². The van der Waals surface area contributed by atoms with Gasteiger partial charge in [-0.3, -0.25) is 0 Å². The summed E-state index contributed by atoms with van der Waals surface area (Å²) in [6.45, 7) is 8.06. The summed E-state index contributed by atoms with van der Waals surface area (Å²) in [5, 5.41) is 10.5. The summed E-state index contributed by atoms with van der Waals surface area (Å²) < 4.78 is 2.31. The highest BCUT2D eigenvalue weighted by Crippen LogP contribution is 2.32. The van der Waals surface area contributed by atoms with Gasteiger partial charge in [-0.1, -0.05) is 27.2 Å². The maximum Gasteiger partial charge on any atom is 0.335 e. The number of hydrogen-bond donors (Lipinski definition) is 2. The number of carboxylic acid groups (broad SMARTS) is 1. The van der Waals surface area contributed by atoms with Gasteiger partial charge in [0.25, 0.3) is 0 Å². The Morgan fingerprint density at radius 2 is 2.04 bits per heavy atom. The molecule has 0 aliphatic heterocycles. The molecule has 0 unspecified atom stereocenters. The molecule has 1 aromatic heterocycles. The molecule has 126 valence electrons. The lowest BCUT2D eigenvalue weighted by Gasteiger charge is -2.13. The minimum absolute atomic E-state index is 0.287. The zero-order chi connectivity index (χ0) is 17.0. The van der Waals surface area contributed by atoms with Crippen LogP contribution in [0.5, 0.6) is 0 Å². The third kappa shape index (κ3) is 3.75. The summed E-state index contributed by atoms with van der Waals surface area (Å²) in [6.07, 6.45) is 6.28. The van der Waals surface area contributed by atoms with E-state index in [4.69, 9.17) is 5.73 Å². The number of fused-ring (bicyclic) bond motifs is 1. The van der Waals surface area contributed by atoms with Gasteiger partial charge in [-0.2, -0.15) is 0 Å². The summed E-state index contributed by atoms with van der Waals surface area (Å²) in [7, 11) is 0. The fourth-order valence-corrected chi connectivity index (χ4v) is 3.10. The fraction of sp³-hybridized carbons (Fsp3) is 0.526. The van der Waals surface area contributed by atoms with Crippen LogP contribution in [0.1, 0.15) is 67.4 Å². The molecule has 0 bridgehead atoms. The molecule has 0 saturated heterocycles. The van der Waals surface area contributed by atoms with Gasteiger partial charge in [0.1, 0.15) is 0 Å². The lowest BCUT2D eigenvalue weighted by Crippen LogP contribution is -2.03. The topological polar surface area (TPSA) is 68.2 Å². The molecule has 23 heavy (non-hydrogen) atoms. The Hall–Kier alpha value is -1.81. The number of unbranched alkanes of at least 4 members (excludes halogenated alkanes) is 1. The molecule has 0 atom stereocenters. The van der Waals surface area contributed by atoms with E-state index in [-0.39, 0.29) is 5.92 Å². The number of aryl methyl sites for hydroxylation is 2. The summed E-state index contributed by atoms with van der Waals surface area (Å²) in [5.41, 5.74) is 9.58. The lowest BCUT2D eigenvalue weighted by molar-refractivity contribution is 0.0697. The smallest absolute Gasteiger partial charge is 0.335 e. The first kappa shape index (κ1) is 17.5. The maximum atomic E-state index is 11.5. The number of rotatable bonds is 8. The van der Waals surface area contributed by atoms with Gasteiger partial charge >= 0.3 is 5.97 Å². The van der Waals surface area contributed by atoms with Gasteiger partial charge in [-0.05, 0) is 55.0 Å². The zero-order valence-corrected chi connectivity index (χ0v) is 14.4. The molecule has 1 aromatic carbocycles. The van der Waals surface area contributed by atoms with Crippen molar-refractivity contribution in [2.75, 3.05) is 6.54 Å². The first-order valence-electron chi connectivity index (χ1n) is 8.58. The van der Waals surface area contributed by atoms with Crippen molar-refractivity contribution in [3.8, 4) is 0 Å². The molecule has 2 rings (SSSR count). The van der Waals surface area contributed by atoms with Crippen LogP contribution >= 0.6 is 0 Å². The SMILES string of the molecule is CCCCn1cc(CCCN)c2cc(C(=O)O)cc(C(C)C)c21. The number of nitrogens with two attached hydrogens (primary N) is 1. The van der Waals surface area contributed by atoms with Crippen LogP contribution in [0, 0.1) is 0 Å². The lowest BCUT2D eigenvalue weighted by atomic mass is 9.95. The van der Waals surface area contributed by atoms with Crippen molar-refractivity contribution >= 4 is 16.9 Å². The molecule has 3 N–H and O–H groups in total. The van der Waals surface area contributed by atoms with Crippen LogP contribution in [0.4, 0.5) is 0 Å². The Kier molecular flexibility index (Phi) is 5.83. The van der Waals surface area contributed by atoms with E-state index in [9.17, 15) is 9.90 Å². The number of carboxylic acids is 1. The molecule has 4 nitrogen and oxygen atoms in total. The van der Waals surface area contributed by atoms with E-state index in [1.165, 1.54) is 11.1 Å². The average Bonchev–Trinajstić information content (AvgIpc) is 2.87. The van der Waals surface area contributed by atoms with E-state index < -0.39 is 5.97 Å². The zero-order valence-electron chi connectivity index (χ0n) is 14.4. The van der Waals surface area contributed by atoms with Crippen molar-refractivity contribution in [3.05, 3.63) is 35.0 Å². The van der Waals surface area contributed by atoms with Gasteiger partial charge in [0, 0.05) is 18.1 Å². The van der Waals surface area contributed by atoms with E-state index in [1.54, 1.807) is 0 Å². The quantitative estimate of drug-likeness (QED) is 0.768. The predicted molar refractivity (Wildman–Crippen MR) is 95.3 cm³/mol. The maximum absolute atomic E-state index is 11.5. The van der Waals surface area contributed by atoms with Crippen molar-refractivity contribution in [3.63, 3.8) is 0 Å². The molecular formula is C19H28N2O2. The summed E-state index contributed by atoms with van der Waals surface area (Å²) in [6, 6.07) is 3.67. The first-order chi connectivity index (χ1) is 11.0. The van der Waals surface area contributed by atoms with Crippen LogP contribution in [0.15, 0.2) is 18.3 Å². The van der Waals surface area contributed by atoms with E-state index >= 15 is 0 Å². The Labute approximate surface area is 138 Å². The third-order valence-electron chi connectivity index (χ3n) is 4.36. The van der Waals surface area contributed by atoms with E-state index in [0.717, 1.165) is 43.2 Å². The van der Waals surface area contributed by atoms with E-state index in [0.29, 0.717) is 12.1 Å². The number of carbonyl (C=O) groups is 1. The molecule has 4 heteroatoms. The van der Waals surface area contributed by atoms with Crippen LogP contribution in [-0.4, -0.2) is 22.2 Å². The molecule has 0 saturated carbocycles. The molecule has 0 fully saturated rings. The van der Waals surface area contributed by atoms with Gasteiger partial charge in [0.2, 0.25) is 0 Å². The summed E-state index contributed by atoms with van der Waals surface area (Å²) in [4.78, 5) is 11.5. The van der Waals surface area contributed by atoms with Gasteiger partial charge in [0.15, 0.2) is 0 Å². The minimum Gasteiger partial charge on any atom is -0.478 e. The largest absolute Gasteiger partial charge is 0.478 e. The molecule has 1 heterocycles. The minimum atomic E-state index is -0.861.